The van der Waals surface area contributed by atoms with Crippen LogP contribution >= 0.6 is 12.4 Å². The number of carbonyl (C=O) groups excluding carboxylic acids is 1. The molecule has 8 heteroatoms. The molecule has 0 saturated heterocycles. The Kier molecular flexibility index (Phi) is 8.54. The molecule has 2 rings (SSSR count). The second kappa shape index (κ2) is 10.4. The van der Waals surface area contributed by atoms with Crippen LogP contribution in [0.25, 0.3) is 0 Å². The normalized spacial score (nSPS) is 9.92. The lowest BCUT2D eigenvalue weighted by Gasteiger charge is -2.23. The van der Waals surface area contributed by atoms with Gasteiger partial charge in [0.25, 0.3) is 5.91 Å². The molecule has 2 aromatic carbocycles. The zero-order valence-electron chi connectivity index (χ0n) is 14.5. The lowest BCUT2D eigenvalue weighted by atomic mass is 10.1. The Labute approximate surface area is 158 Å². The van der Waals surface area contributed by atoms with E-state index in [-0.39, 0.29) is 35.3 Å². The van der Waals surface area contributed by atoms with Gasteiger partial charge >= 0.3 is 5.69 Å². The van der Waals surface area contributed by atoms with Crippen molar-refractivity contribution in [2.24, 2.45) is 5.73 Å². The van der Waals surface area contributed by atoms with Crippen molar-refractivity contribution in [1.29, 1.82) is 0 Å². The van der Waals surface area contributed by atoms with E-state index in [1.165, 1.54) is 25.3 Å². The molecular formula is C18H22ClN3O4. The van der Waals surface area contributed by atoms with E-state index < -0.39 is 4.92 Å². The van der Waals surface area contributed by atoms with Gasteiger partial charge in [-0.05, 0) is 30.7 Å². The first-order valence-electron chi connectivity index (χ1n) is 7.92. The van der Waals surface area contributed by atoms with Crippen molar-refractivity contribution < 1.29 is 14.5 Å². The quantitative estimate of drug-likeness (QED) is 0.561. The van der Waals surface area contributed by atoms with E-state index in [1.54, 1.807) is 4.90 Å². The number of nitrogens with two attached hydrogens (primary N) is 1. The smallest absolute Gasteiger partial charge is 0.311 e. The predicted octanol–water partition coefficient (Wildman–Crippen LogP) is 3.02. The zero-order valence-corrected chi connectivity index (χ0v) is 15.3. The van der Waals surface area contributed by atoms with Crippen LogP contribution in [0.15, 0.2) is 48.5 Å². The number of nitro groups is 1. The van der Waals surface area contributed by atoms with E-state index in [0.29, 0.717) is 26.1 Å². The molecule has 7 nitrogen and oxygen atoms in total. The minimum absolute atomic E-state index is 0. The maximum absolute atomic E-state index is 12.9. The summed E-state index contributed by atoms with van der Waals surface area (Å²) >= 11 is 0. The number of ether oxygens (including phenoxy) is 1. The lowest BCUT2D eigenvalue weighted by Crippen LogP contribution is -2.32. The summed E-state index contributed by atoms with van der Waals surface area (Å²) in [6.07, 6.45) is 0.650. The Morgan fingerprint density at radius 2 is 1.92 bits per heavy atom. The van der Waals surface area contributed by atoms with Gasteiger partial charge in [-0.25, -0.2) is 0 Å². The van der Waals surface area contributed by atoms with Crippen LogP contribution in [0.3, 0.4) is 0 Å². The number of hydrogen-bond acceptors (Lipinski definition) is 5. The zero-order chi connectivity index (χ0) is 18.2. The van der Waals surface area contributed by atoms with Crippen LogP contribution in [-0.2, 0) is 6.54 Å². The van der Waals surface area contributed by atoms with Gasteiger partial charge in [0.2, 0.25) is 0 Å². The highest BCUT2D eigenvalue weighted by Crippen LogP contribution is 2.28. The number of halogens is 1. The molecule has 0 spiro atoms. The largest absolute Gasteiger partial charge is 0.490 e. The highest BCUT2D eigenvalue weighted by atomic mass is 35.5. The summed E-state index contributed by atoms with van der Waals surface area (Å²) < 4.78 is 4.98. The van der Waals surface area contributed by atoms with E-state index in [9.17, 15) is 14.9 Å². The Bertz CT molecular complexity index is 740. The molecule has 1 amide bonds. The van der Waals surface area contributed by atoms with Gasteiger partial charge in [0.15, 0.2) is 5.75 Å². The highest BCUT2D eigenvalue weighted by molar-refractivity contribution is 5.95. The molecule has 0 bridgehead atoms. The number of benzene rings is 2. The second-order valence-corrected chi connectivity index (χ2v) is 5.50. The topological polar surface area (TPSA) is 98.7 Å². The Hall–Kier alpha value is -2.64. The predicted molar refractivity (Wildman–Crippen MR) is 102 cm³/mol. The minimum atomic E-state index is -0.559. The van der Waals surface area contributed by atoms with Gasteiger partial charge in [0, 0.05) is 24.7 Å². The number of methoxy groups -OCH3 is 1. The van der Waals surface area contributed by atoms with Gasteiger partial charge in [0.1, 0.15) is 0 Å². The van der Waals surface area contributed by atoms with Crippen LogP contribution < -0.4 is 10.5 Å². The van der Waals surface area contributed by atoms with Crippen molar-refractivity contribution in [3.05, 3.63) is 69.8 Å². The van der Waals surface area contributed by atoms with Gasteiger partial charge < -0.3 is 15.4 Å². The van der Waals surface area contributed by atoms with E-state index >= 15 is 0 Å². The summed E-state index contributed by atoms with van der Waals surface area (Å²) in [6.45, 7) is 1.35. The van der Waals surface area contributed by atoms with Crippen LogP contribution in [0.1, 0.15) is 22.3 Å². The number of amides is 1. The SMILES string of the molecule is COc1ccc(C(=O)N(CCCN)Cc2ccccc2)cc1[N+](=O)[O-].Cl. The van der Waals surface area contributed by atoms with Gasteiger partial charge in [-0.1, -0.05) is 30.3 Å². The van der Waals surface area contributed by atoms with Crippen molar-refractivity contribution in [2.45, 2.75) is 13.0 Å². The Morgan fingerprint density at radius 1 is 1.23 bits per heavy atom. The van der Waals surface area contributed by atoms with Crippen molar-refractivity contribution in [2.75, 3.05) is 20.2 Å². The number of nitrogens with zero attached hydrogens (tertiary/aromatic N) is 2. The number of nitro benzene ring substituents is 1. The average molecular weight is 380 g/mol. The van der Waals surface area contributed by atoms with Gasteiger partial charge in [-0.15, -0.1) is 12.4 Å². The molecule has 26 heavy (non-hydrogen) atoms. The third-order valence-corrected chi connectivity index (χ3v) is 3.76. The summed E-state index contributed by atoms with van der Waals surface area (Å²) in [7, 11) is 1.35. The van der Waals surface area contributed by atoms with E-state index in [0.717, 1.165) is 5.56 Å². The molecule has 0 radical (unpaired) electrons. The minimum Gasteiger partial charge on any atom is -0.490 e. The molecule has 0 aliphatic heterocycles. The third kappa shape index (κ3) is 5.44. The maximum Gasteiger partial charge on any atom is 0.311 e. The molecule has 0 aliphatic rings. The monoisotopic (exact) mass is 379 g/mol. The molecule has 0 aromatic heterocycles. The van der Waals surface area contributed by atoms with E-state index in [1.807, 2.05) is 30.3 Å². The summed E-state index contributed by atoms with van der Waals surface area (Å²) in [5.74, 6) is -0.152. The fourth-order valence-corrected chi connectivity index (χ4v) is 2.49. The van der Waals surface area contributed by atoms with Crippen LogP contribution in [0.5, 0.6) is 5.75 Å². The summed E-state index contributed by atoms with van der Waals surface area (Å²) in [5, 5.41) is 11.2. The third-order valence-electron chi connectivity index (χ3n) is 3.76. The van der Waals surface area contributed by atoms with Gasteiger partial charge in [-0.3, -0.25) is 14.9 Å². The molecule has 0 heterocycles. The standard InChI is InChI=1S/C18H21N3O4.ClH/c1-25-17-9-8-15(12-16(17)21(23)24)18(22)20(11-5-10-19)13-14-6-3-2-4-7-14;/h2-4,6-9,12H,5,10-11,13,19H2,1H3;1H. The Balaban J connectivity index is 0.00000338. The molecule has 2 N–H and O–H groups in total. The van der Waals surface area contributed by atoms with Crippen LogP contribution in [0, 0.1) is 10.1 Å². The molecule has 0 fully saturated rings. The van der Waals surface area contributed by atoms with Gasteiger partial charge in [-0.2, -0.15) is 0 Å². The fraction of sp³-hybridized carbons (Fsp3) is 0.278. The van der Waals surface area contributed by atoms with Crippen molar-refractivity contribution in [1.82, 2.24) is 4.90 Å². The maximum atomic E-state index is 12.9. The van der Waals surface area contributed by atoms with Crippen LogP contribution in [0.4, 0.5) is 5.69 Å². The number of carbonyl (C=O) groups is 1. The number of rotatable bonds is 8. The molecule has 140 valence electrons. The first-order valence-corrected chi connectivity index (χ1v) is 7.92. The molecule has 0 atom stereocenters. The number of hydrogen-bond donors (Lipinski definition) is 1. The molecule has 0 aliphatic carbocycles. The molecule has 2 aromatic rings. The lowest BCUT2D eigenvalue weighted by molar-refractivity contribution is -0.385. The molecule has 0 saturated carbocycles. The van der Waals surface area contributed by atoms with Crippen molar-refractivity contribution >= 4 is 24.0 Å². The average Bonchev–Trinajstić information content (AvgIpc) is 2.64. The first kappa shape index (κ1) is 21.4. The summed E-state index contributed by atoms with van der Waals surface area (Å²) in [4.78, 5) is 25.1. The van der Waals surface area contributed by atoms with Crippen LogP contribution in [-0.4, -0.2) is 35.9 Å². The molecule has 0 unspecified atom stereocenters. The fourth-order valence-electron chi connectivity index (χ4n) is 2.49. The highest BCUT2D eigenvalue weighted by Gasteiger charge is 2.21. The Morgan fingerprint density at radius 3 is 2.50 bits per heavy atom. The summed E-state index contributed by atoms with van der Waals surface area (Å²) in [6, 6.07) is 13.8. The van der Waals surface area contributed by atoms with E-state index in [2.05, 4.69) is 0 Å². The van der Waals surface area contributed by atoms with Crippen molar-refractivity contribution in [3.63, 3.8) is 0 Å². The van der Waals surface area contributed by atoms with Crippen molar-refractivity contribution in [3.8, 4) is 5.75 Å². The first-order chi connectivity index (χ1) is 12.1. The van der Waals surface area contributed by atoms with Gasteiger partial charge in [0.05, 0.1) is 12.0 Å². The second-order valence-electron chi connectivity index (χ2n) is 5.50. The summed E-state index contributed by atoms with van der Waals surface area (Å²) in [5.41, 5.74) is 6.57. The molecular weight excluding hydrogens is 358 g/mol. The van der Waals surface area contributed by atoms with Crippen LogP contribution in [0.2, 0.25) is 0 Å². The van der Waals surface area contributed by atoms with E-state index in [4.69, 9.17) is 10.5 Å².